The summed E-state index contributed by atoms with van der Waals surface area (Å²) in [5.74, 6) is 0. The molecule has 0 saturated carbocycles. The number of aliphatic hydroxyl groups is 3. The van der Waals surface area contributed by atoms with Gasteiger partial charge in [0, 0.05) is 12.7 Å². The lowest BCUT2D eigenvalue weighted by Gasteiger charge is -2.18. The van der Waals surface area contributed by atoms with Gasteiger partial charge in [-0.2, -0.15) is 0 Å². The molecule has 25 heavy (non-hydrogen) atoms. The van der Waals surface area contributed by atoms with Crippen molar-refractivity contribution in [3.63, 3.8) is 0 Å². The lowest BCUT2D eigenvalue weighted by molar-refractivity contribution is -0.0549. The summed E-state index contributed by atoms with van der Waals surface area (Å²) in [6.45, 7) is -0.149. The molecule has 0 bridgehead atoms. The van der Waals surface area contributed by atoms with Crippen molar-refractivity contribution in [2.45, 2.75) is 31.1 Å². The molecule has 1 saturated heterocycles. The Kier molecular flexibility index (Phi) is 5.00. The molecule has 1 aromatic carbocycles. The molecule has 2 aromatic rings. The molecule has 9 nitrogen and oxygen atoms in total. The average Bonchev–Trinajstić information content (AvgIpc) is 2.90. The highest BCUT2D eigenvalue weighted by atomic mass is 16.6. The topological polar surface area (TPSA) is 137 Å². The second-order valence-corrected chi connectivity index (χ2v) is 5.78. The molecule has 1 aliphatic heterocycles. The zero-order valence-corrected chi connectivity index (χ0v) is 13.2. The van der Waals surface area contributed by atoms with E-state index < -0.39 is 42.4 Å². The minimum atomic E-state index is -1.41. The van der Waals surface area contributed by atoms with Crippen molar-refractivity contribution in [1.82, 2.24) is 9.55 Å². The predicted molar refractivity (Wildman–Crippen MR) is 88.1 cm³/mol. The smallest absolute Gasteiger partial charge is 0.330 e. The van der Waals surface area contributed by atoms with E-state index >= 15 is 0 Å². The largest absolute Gasteiger partial charge is 0.394 e. The molecular formula is C16H19N3O6. The molecule has 1 fully saturated rings. The fraction of sp³-hybridized carbons (Fsp3) is 0.375. The summed E-state index contributed by atoms with van der Waals surface area (Å²) < 4.78 is 6.31. The highest BCUT2D eigenvalue weighted by molar-refractivity contribution is 5.39. The summed E-state index contributed by atoms with van der Waals surface area (Å²) in [7, 11) is 0. The lowest BCUT2D eigenvalue weighted by atomic mass is 10.1. The number of nitrogens with one attached hydrogen (secondary N) is 2. The van der Waals surface area contributed by atoms with Crippen LogP contribution >= 0.6 is 0 Å². The van der Waals surface area contributed by atoms with E-state index in [0.29, 0.717) is 6.54 Å². The van der Waals surface area contributed by atoms with Gasteiger partial charge in [0.25, 0.3) is 5.56 Å². The van der Waals surface area contributed by atoms with Crippen molar-refractivity contribution in [3.8, 4) is 0 Å². The second kappa shape index (κ2) is 7.19. The zero-order valence-electron chi connectivity index (χ0n) is 13.2. The van der Waals surface area contributed by atoms with Gasteiger partial charge in [-0.05, 0) is 5.56 Å². The first-order chi connectivity index (χ1) is 12.0. The third kappa shape index (κ3) is 3.49. The van der Waals surface area contributed by atoms with Gasteiger partial charge in [-0.15, -0.1) is 0 Å². The number of benzene rings is 1. The predicted octanol–water partition coefficient (Wildman–Crippen LogP) is -1.24. The Hall–Kier alpha value is -2.46. The molecule has 0 spiro atoms. The SMILES string of the molecule is O=c1[nH]c(=O)n([C@@H]2O[C@H](CO)[C@@H](O)[C@H]2O)cc1NCc1ccccc1. The molecule has 1 aromatic heterocycles. The van der Waals surface area contributed by atoms with Gasteiger partial charge in [0.2, 0.25) is 0 Å². The van der Waals surface area contributed by atoms with Gasteiger partial charge in [-0.3, -0.25) is 14.3 Å². The van der Waals surface area contributed by atoms with Gasteiger partial charge in [-0.1, -0.05) is 30.3 Å². The number of aromatic nitrogens is 2. The third-order valence-corrected chi connectivity index (χ3v) is 4.08. The number of aromatic amines is 1. The Balaban J connectivity index is 1.86. The molecule has 5 N–H and O–H groups in total. The van der Waals surface area contributed by atoms with Gasteiger partial charge in [0.15, 0.2) is 6.23 Å². The standard InChI is InChI=1S/C16H19N3O6/c20-8-11-12(21)13(22)15(25-11)19-7-10(14(23)18-16(19)24)17-6-9-4-2-1-3-5-9/h1-5,7,11-13,15,17,20-22H,6,8H2,(H,18,23,24)/t11-,12-,13-,15-/m1/s1. The maximum atomic E-state index is 12.0. The van der Waals surface area contributed by atoms with E-state index in [1.807, 2.05) is 30.3 Å². The summed E-state index contributed by atoms with van der Waals surface area (Å²) in [6, 6.07) is 9.35. The van der Waals surface area contributed by atoms with Crippen LogP contribution in [-0.4, -0.2) is 49.8 Å². The van der Waals surface area contributed by atoms with Crippen LogP contribution in [0.3, 0.4) is 0 Å². The Morgan fingerprint density at radius 1 is 1.16 bits per heavy atom. The summed E-state index contributed by atoms with van der Waals surface area (Å²) in [5, 5.41) is 31.9. The van der Waals surface area contributed by atoms with Gasteiger partial charge in [0.1, 0.15) is 24.0 Å². The molecular weight excluding hydrogens is 330 g/mol. The van der Waals surface area contributed by atoms with Gasteiger partial charge >= 0.3 is 5.69 Å². The van der Waals surface area contributed by atoms with E-state index in [1.54, 1.807) is 0 Å². The first kappa shape index (κ1) is 17.4. The zero-order chi connectivity index (χ0) is 18.0. The summed E-state index contributed by atoms with van der Waals surface area (Å²) in [4.78, 5) is 26.2. The number of rotatable bonds is 5. The number of anilines is 1. The molecule has 0 aliphatic carbocycles. The maximum Gasteiger partial charge on any atom is 0.330 e. The van der Waals surface area contributed by atoms with E-state index in [1.165, 1.54) is 6.20 Å². The molecule has 0 amide bonds. The van der Waals surface area contributed by atoms with Crippen LogP contribution in [0.2, 0.25) is 0 Å². The highest BCUT2D eigenvalue weighted by Gasteiger charge is 2.43. The summed E-state index contributed by atoms with van der Waals surface area (Å²) >= 11 is 0. The second-order valence-electron chi connectivity index (χ2n) is 5.78. The Morgan fingerprint density at radius 3 is 2.52 bits per heavy atom. The third-order valence-electron chi connectivity index (χ3n) is 4.08. The molecule has 4 atom stereocenters. The maximum absolute atomic E-state index is 12.0. The molecule has 0 radical (unpaired) electrons. The van der Waals surface area contributed by atoms with Crippen LogP contribution in [0.25, 0.3) is 0 Å². The molecule has 1 aliphatic rings. The van der Waals surface area contributed by atoms with Crippen LogP contribution in [0.5, 0.6) is 0 Å². The van der Waals surface area contributed by atoms with E-state index in [0.717, 1.165) is 10.1 Å². The normalized spacial score (nSPS) is 25.9. The van der Waals surface area contributed by atoms with Crippen LogP contribution in [0.1, 0.15) is 11.8 Å². The van der Waals surface area contributed by atoms with Crippen molar-refractivity contribution in [3.05, 3.63) is 62.9 Å². The van der Waals surface area contributed by atoms with E-state index in [9.17, 15) is 19.8 Å². The average molecular weight is 349 g/mol. The minimum Gasteiger partial charge on any atom is -0.394 e. The van der Waals surface area contributed by atoms with Crippen molar-refractivity contribution in [2.24, 2.45) is 0 Å². The van der Waals surface area contributed by atoms with Crippen LogP contribution in [0, 0.1) is 0 Å². The first-order valence-corrected chi connectivity index (χ1v) is 7.77. The number of aliphatic hydroxyl groups excluding tert-OH is 3. The van der Waals surface area contributed by atoms with Gasteiger partial charge in [-0.25, -0.2) is 4.79 Å². The van der Waals surface area contributed by atoms with Crippen molar-refractivity contribution in [1.29, 1.82) is 0 Å². The molecule has 3 rings (SSSR count). The van der Waals surface area contributed by atoms with Crippen LogP contribution in [0.15, 0.2) is 46.1 Å². The van der Waals surface area contributed by atoms with E-state index in [2.05, 4.69) is 10.3 Å². The quantitative estimate of drug-likeness (QED) is 0.455. The van der Waals surface area contributed by atoms with Crippen molar-refractivity contribution >= 4 is 5.69 Å². The fourth-order valence-corrected chi connectivity index (χ4v) is 2.70. The van der Waals surface area contributed by atoms with Gasteiger partial charge < -0.3 is 25.4 Å². The lowest BCUT2D eigenvalue weighted by Crippen LogP contribution is -2.38. The number of ether oxygens (including phenoxy) is 1. The highest BCUT2D eigenvalue weighted by Crippen LogP contribution is 2.28. The molecule has 9 heteroatoms. The van der Waals surface area contributed by atoms with Gasteiger partial charge in [0.05, 0.1) is 6.61 Å². The number of nitrogens with zero attached hydrogens (tertiary/aromatic N) is 1. The Labute approximate surface area is 142 Å². The Morgan fingerprint density at radius 2 is 1.88 bits per heavy atom. The minimum absolute atomic E-state index is 0.112. The fourth-order valence-electron chi connectivity index (χ4n) is 2.70. The summed E-state index contributed by atoms with van der Waals surface area (Å²) in [6.07, 6.45) is -3.75. The monoisotopic (exact) mass is 349 g/mol. The molecule has 134 valence electrons. The summed E-state index contributed by atoms with van der Waals surface area (Å²) in [5.41, 5.74) is -0.345. The van der Waals surface area contributed by atoms with Crippen molar-refractivity contribution < 1.29 is 20.1 Å². The number of hydrogen-bond donors (Lipinski definition) is 5. The van der Waals surface area contributed by atoms with Crippen LogP contribution < -0.4 is 16.6 Å². The van der Waals surface area contributed by atoms with Crippen molar-refractivity contribution in [2.75, 3.05) is 11.9 Å². The Bertz CT molecular complexity index is 834. The molecule has 2 heterocycles. The van der Waals surface area contributed by atoms with E-state index in [-0.39, 0.29) is 5.69 Å². The first-order valence-electron chi connectivity index (χ1n) is 7.77. The number of H-pyrrole nitrogens is 1. The number of hydrogen-bond acceptors (Lipinski definition) is 7. The van der Waals surface area contributed by atoms with Crippen LogP contribution in [-0.2, 0) is 11.3 Å². The molecule has 0 unspecified atom stereocenters. The van der Waals surface area contributed by atoms with E-state index in [4.69, 9.17) is 9.84 Å². The van der Waals surface area contributed by atoms with Crippen LogP contribution in [0.4, 0.5) is 5.69 Å².